The van der Waals surface area contributed by atoms with Crippen LogP contribution in [0, 0.1) is 11.6 Å². The summed E-state index contributed by atoms with van der Waals surface area (Å²) < 4.78 is 27.0. The van der Waals surface area contributed by atoms with E-state index in [4.69, 9.17) is 5.73 Å². The summed E-state index contributed by atoms with van der Waals surface area (Å²) in [4.78, 5) is 31.3. The zero-order valence-electron chi connectivity index (χ0n) is 18.1. The molecule has 0 fully saturated rings. The minimum Gasteiger partial charge on any atom is -0.384 e. The van der Waals surface area contributed by atoms with Crippen molar-refractivity contribution in [3.05, 3.63) is 89.6 Å². The molecular formula is C24H25F2N5O2. The first-order valence-corrected chi connectivity index (χ1v) is 10.3. The number of nitrogens with two attached hydrogens (primary N) is 1. The van der Waals surface area contributed by atoms with E-state index in [1.165, 1.54) is 12.3 Å². The number of nitrogens with one attached hydrogen (secondary N) is 2. The van der Waals surface area contributed by atoms with Crippen molar-refractivity contribution >= 4 is 23.3 Å². The van der Waals surface area contributed by atoms with Crippen molar-refractivity contribution in [3.63, 3.8) is 0 Å². The normalized spacial score (nSPS) is 11.5. The number of aromatic nitrogens is 1. The van der Waals surface area contributed by atoms with Gasteiger partial charge in [0, 0.05) is 31.9 Å². The van der Waals surface area contributed by atoms with Crippen LogP contribution in [0.3, 0.4) is 0 Å². The van der Waals surface area contributed by atoms with Gasteiger partial charge < -0.3 is 21.3 Å². The molecule has 0 aliphatic carbocycles. The summed E-state index contributed by atoms with van der Waals surface area (Å²) in [6.07, 6.45) is 1.52. The van der Waals surface area contributed by atoms with Crippen molar-refractivity contribution in [2.75, 3.05) is 24.2 Å². The highest BCUT2D eigenvalue weighted by atomic mass is 19.2. The Labute approximate surface area is 190 Å². The molecule has 2 aromatic carbocycles. The molecule has 0 bridgehead atoms. The molecule has 3 aromatic rings. The van der Waals surface area contributed by atoms with E-state index in [0.717, 1.165) is 23.4 Å². The van der Waals surface area contributed by atoms with Crippen LogP contribution in [-0.4, -0.2) is 36.4 Å². The van der Waals surface area contributed by atoms with Gasteiger partial charge in [-0.1, -0.05) is 30.3 Å². The van der Waals surface area contributed by atoms with E-state index in [0.29, 0.717) is 11.4 Å². The Bertz CT molecular complexity index is 1090. The van der Waals surface area contributed by atoms with Crippen LogP contribution in [0.5, 0.6) is 0 Å². The molecule has 33 heavy (non-hydrogen) atoms. The van der Waals surface area contributed by atoms with E-state index in [-0.39, 0.29) is 19.5 Å². The van der Waals surface area contributed by atoms with Gasteiger partial charge in [-0.05, 0) is 41.5 Å². The molecular weight excluding hydrogens is 428 g/mol. The monoisotopic (exact) mass is 453 g/mol. The Kier molecular flexibility index (Phi) is 7.91. The fraction of sp³-hybridized carbons (Fsp3) is 0.208. The molecule has 0 unspecified atom stereocenters. The number of rotatable bonds is 9. The quantitative estimate of drug-likeness (QED) is 0.462. The summed E-state index contributed by atoms with van der Waals surface area (Å²) in [5.74, 6) is -2.50. The lowest BCUT2D eigenvalue weighted by Crippen LogP contribution is -2.50. The number of nitrogen functional groups attached to an aromatic ring is 1. The molecule has 0 spiro atoms. The second kappa shape index (κ2) is 11.0. The predicted octanol–water partition coefficient (Wildman–Crippen LogP) is 2.42. The van der Waals surface area contributed by atoms with Crippen LogP contribution in [0.4, 0.5) is 20.3 Å². The standard InChI is InChI=1S/C24H25F2N5O2/c1-31(18-5-3-2-4-6-18)15-23(32)30-21(12-16-7-9-19(25)20(26)11-16)24(33)29-14-17-8-10-22(27)28-13-17/h2-11,13,21H,12,14-15H2,1H3,(H2,27,28)(H,29,33)(H,30,32)/t21-/m0/s1. The van der Waals surface area contributed by atoms with Crippen LogP contribution >= 0.6 is 0 Å². The number of amides is 2. The van der Waals surface area contributed by atoms with Crippen LogP contribution in [0.25, 0.3) is 0 Å². The molecule has 1 atom stereocenters. The number of benzene rings is 2. The lowest BCUT2D eigenvalue weighted by atomic mass is 10.0. The molecule has 0 saturated heterocycles. The average Bonchev–Trinajstić information content (AvgIpc) is 2.81. The van der Waals surface area contributed by atoms with Crippen molar-refractivity contribution in [2.24, 2.45) is 0 Å². The number of anilines is 2. The summed E-state index contributed by atoms with van der Waals surface area (Å²) in [5, 5.41) is 5.44. The largest absolute Gasteiger partial charge is 0.384 e. The van der Waals surface area contributed by atoms with Crippen LogP contribution in [0.15, 0.2) is 66.9 Å². The number of para-hydroxylation sites is 1. The molecule has 7 nitrogen and oxygen atoms in total. The average molecular weight is 453 g/mol. The third-order valence-electron chi connectivity index (χ3n) is 4.97. The summed E-state index contributed by atoms with van der Waals surface area (Å²) in [6, 6.07) is 15.0. The van der Waals surface area contributed by atoms with E-state index in [1.807, 2.05) is 30.3 Å². The van der Waals surface area contributed by atoms with Gasteiger partial charge in [-0.2, -0.15) is 0 Å². The number of hydrogen-bond acceptors (Lipinski definition) is 5. The van der Waals surface area contributed by atoms with Gasteiger partial charge in [0.05, 0.1) is 6.54 Å². The molecule has 4 N–H and O–H groups in total. The number of pyridine rings is 1. The molecule has 1 aromatic heterocycles. The first kappa shape index (κ1) is 23.6. The highest BCUT2D eigenvalue weighted by Crippen LogP contribution is 2.12. The zero-order chi connectivity index (χ0) is 23.8. The highest BCUT2D eigenvalue weighted by Gasteiger charge is 2.22. The number of hydrogen-bond donors (Lipinski definition) is 3. The van der Waals surface area contributed by atoms with Gasteiger partial charge in [0.1, 0.15) is 11.9 Å². The molecule has 1 heterocycles. The number of likely N-dealkylation sites (N-methyl/N-ethyl adjacent to an activating group) is 1. The molecule has 0 radical (unpaired) electrons. The molecule has 3 rings (SSSR count). The van der Waals surface area contributed by atoms with Gasteiger partial charge in [0.25, 0.3) is 0 Å². The number of nitrogens with zero attached hydrogens (tertiary/aromatic N) is 2. The van der Waals surface area contributed by atoms with E-state index >= 15 is 0 Å². The van der Waals surface area contributed by atoms with E-state index < -0.39 is 29.5 Å². The summed E-state index contributed by atoms with van der Waals surface area (Å²) in [6.45, 7) is 0.174. The fourth-order valence-electron chi connectivity index (χ4n) is 3.19. The predicted molar refractivity (Wildman–Crippen MR) is 122 cm³/mol. The SMILES string of the molecule is CN(CC(=O)N[C@@H](Cc1ccc(F)c(F)c1)C(=O)NCc1ccc(N)nc1)c1ccccc1. The number of carbonyl (C=O) groups is 2. The first-order valence-electron chi connectivity index (χ1n) is 10.3. The summed E-state index contributed by atoms with van der Waals surface area (Å²) in [5.41, 5.74) is 7.50. The molecule has 0 aliphatic heterocycles. The second-order valence-electron chi connectivity index (χ2n) is 7.57. The smallest absolute Gasteiger partial charge is 0.243 e. The lowest BCUT2D eigenvalue weighted by molar-refractivity contribution is -0.128. The van der Waals surface area contributed by atoms with Crippen molar-refractivity contribution in [2.45, 2.75) is 19.0 Å². The molecule has 2 amide bonds. The maximum Gasteiger partial charge on any atom is 0.243 e. The van der Waals surface area contributed by atoms with Crippen molar-refractivity contribution in [1.29, 1.82) is 0 Å². The van der Waals surface area contributed by atoms with Crippen LogP contribution in [0.1, 0.15) is 11.1 Å². The number of halogens is 2. The zero-order valence-corrected chi connectivity index (χ0v) is 18.1. The van der Waals surface area contributed by atoms with Gasteiger partial charge in [-0.25, -0.2) is 13.8 Å². The third-order valence-corrected chi connectivity index (χ3v) is 4.97. The Balaban J connectivity index is 1.69. The first-order chi connectivity index (χ1) is 15.8. The van der Waals surface area contributed by atoms with Crippen molar-refractivity contribution in [3.8, 4) is 0 Å². The maximum atomic E-state index is 13.7. The van der Waals surface area contributed by atoms with Gasteiger partial charge in [-0.3, -0.25) is 9.59 Å². The summed E-state index contributed by atoms with van der Waals surface area (Å²) in [7, 11) is 1.76. The van der Waals surface area contributed by atoms with Gasteiger partial charge in [0.15, 0.2) is 11.6 Å². The van der Waals surface area contributed by atoms with E-state index in [9.17, 15) is 18.4 Å². The highest BCUT2D eigenvalue weighted by molar-refractivity contribution is 5.89. The summed E-state index contributed by atoms with van der Waals surface area (Å²) >= 11 is 0. The van der Waals surface area contributed by atoms with Crippen LogP contribution in [-0.2, 0) is 22.6 Å². The van der Waals surface area contributed by atoms with Crippen molar-refractivity contribution in [1.82, 2.24) is 15.6 Å². The molecule has 172 valence electrons. The molecule has 9 heteroatoms. The Hall–Kier alpha value is -4.01. The van der Waals surface area contributed by atoms with Crippen LogP contribution in [0.2, 0.25) is 0 Å². The minimum absolute atomic E-state index is 0.00740. The van der Waals surface area contributed by atoms with Gasteiger partial charge in [-0.15, -0.1) is 0 Å². The second-order valence-corrected chi connectivity index (χ2v) is 7.57. The Morgan fingerprint density at radius 1 is 1.03 bits per heavy atom. The van der Waals surface area contributed by atoms with E-state index in [2.05, 4.69) is 15.6 Å². The fourth-order valence-corrected chi connectivity index (χ4v) is 3.19. The molecule has 0 saturated carbocycles. The maximum absolute atomic E-state index is 13.7. The van der Waals surface area contributed by atoms with Crippen molar-refractivity contribution < 1.29 is 18.4 Å². The van der Waals surface area contributed by atoms with Gasteiger partial charge >= 0.3 is 0 Å². The Morgan fingerprint density at radius 3 is 2.42 bits per heavy atom. The third kappa shape index (κ3) is 6.99. The number of carbonyl (C=O) groups excluding carboxylic acids is 2. The van der Waals surface area contributed by atoms with Gasteiger partial charge in [0.2, 0.25) is 11.8 Å². The molecule has 0 aliphatic rings. The minimum atomic E-state index is -1.02. The van der Waals surface area contributed by atoms with E-state index in [1.54, 1.807) is 24.1 Å². The van der Waals surface area contributed by atoms with Crippen LogP contribution < -0.4 is 21.3 Å². The Morgan fingerprint density at radius 2 is 1.76 bits per heavy atom. The topological polar surface area (TPSA) is 100 Å². The lowest BCUT2D eigenvalue weighted by Gasteiger charge is -2.22.